The minimum atomic E-state index is -1.81. The Bertz CT molecular complexity index is 1060. The summed E-state index contributed by atoms with van der Waals surface area (Å²) in [6, 6.07) is 6.77. The van der Waals surface area contributed by atoms with Gasteiger partial charge >= 0.3 is 12.1 Å². The molecule has 0 saturated carbocycles. The summed E-state index contributed by atoms with van der Waals surface area (Å²) in [6.45, 7) is -1.92. The van der Waals surface area contributed by atoms with Gasteiger partial charge in [0.1, 0.15) is 24.9 Å². The minimum absolute atomic E-state index is 0.0224. The highest BCUT2D eigenvalue weighted by molar-refractivity contribution is 5.95. The number of rotatable bonds is 6. The van der Waals surface area contributed by atoms with Crippen LogP contribution in [-0.4, -0.2) is 54.2 Å². The van der Waals surface area contributed by atoms with Gasteiger partial charge in [0.15, 0.2) is 5.60 Å². The Morgan fingerprint density at radius 1 is 1.24 bits per heavy atom. The molecule has 0 radical (unpaired) electrons. The first-order valence-electron chi connectivity index (χ1n) is 10.3. The maximum Gasteiger partial charge on any atom is 0.322 e. The van der Waals surface area contributed by atoms with Crippen LogP contribution in [0.4, 0.5) is 34.1 Å². The zero-order chi connectivity index (χ0) is 23.6. The number of alkyl halides is 2. The first-order valence-corrected chi connectivity index (χ1v) is 10.3. The van der Waals surface area contributed by atoms with Crippen molar-refractivity contribution < 1.29 is 32.6 Å². The summed E-state index contributed by atoms with van der Waals surface area (Å²) in [6.07, 6.45) is -0.174. The number of nitrogens with zero attached hydrogens (tertiary/aromatic N) is 1. The molecular weight excluding hydrogens is 441 g/mol. The van der Waals surface area contributed by atoms with E-state index in [0.29, 0.717) is 23.5 Å². The molecule has 8 nitrogen and oxygen atoms in total. The molecule has 176 valence electrons. The number of hydrogen-bond acceptors (Lipinski definition) is 4. The van der Waals surface area contributed by atoms with Gasteiger partial charge in [-0.3, -0.25) is 0 Å². The molecule has 2 aliphatic rings. The molecule has 1 atom stereocenters. The molecule has 0 saturated heterocycles. The highest BCUT2D eigenvalue weighted by Crippen LogP contribution is 2.40. The lowest BCUT2D eigenvalue weighted by atomic mass is 9.88. The molecule has 0 spiro atoms. The van der Waals surface area contributed by atoms with Gasteiger partial charge < -0.3 is 30.7 Å². The van der Waals surface area contributed by atoms with E-state index in [9.17, 15) is 22.8 Å². The summed E-state index contributed by atoms with van der Waals surface area (Å²) in [7, 11) is 0. The van der Waals surface area contributed by atoms with Gasteiger partial charge in [-0.05, 0) is 23.8 Å². The summed E-state index contributed by atoms with van der Waals surface area (Å²) in [4.78, 5) is 26.2. The Labute approximate surface area is 187 Å². The van der Waals surface area contributed by atoms with Gasteiger partial charge in [-0.1, -0.05) is 12.1 Å². The minimum Gasteiger partial charge on any atom is -0.481 e. The lowest BCUT2D eigenvalue weighted by Crippen LogP contribution is -2.49. The zero-order valence-corrected chi connectivity index (χ0v) is 17.5. The van der Waals surface area contributed by atoms with Crippen molar-refractivity contribution in [3.8, 4) is 5.75 Å². The monoisotopic (exact) mass is 464 g/mol. The van der Waals surface area contributed by atoms with Crippen LogP contribution >= 0.6 is 0 Å². The Balaban J connectivity index is 1.49. The quantitative estimate of drug-likeness (QED) is 0.526. The summed E-state index contributed by atoms with van der Waals surface area (Å²) in [5, 5.41) is 17.1. The van der Waals surface area contributed by atoms with Crippen molar-refractivity contribution in [1.29, 1.82) is 0 Å². The van der Waals surface area contributed by atoms with Crippen LogP contribution in [0.3, 0.4) is 0 Å². The maximum absolute atomic E-state index is 13.7. The van der Waals surface area contributed by atoms with Crippen molar-refractivity contribution in [3.63, 3.8) is 0 Å². The number of carbonyl (C=O) groups excluding carboxylic acids is 2. The summed E-state index contributed by atoms with van der Waals surface area (Å²) < 4.78 is 46.3. The predicted molar refractivity (Wildman–Crippen MR) is 114 cm³/mol. The Hall–Kier alpha value is -3.47. The number of fused-ring (bicyclic) bond motifs is 2. The van der Waals surface area contributed by atoms with E-state index in [1.807, 2.05) is 0 Å². The Morgan fingerprint density at radius 3 is 2.76 bits per heavy atom. The zero-order valence-electron chi connectivity index (χ0n) is 17.5. The number of benzene rings is 2. The normalized spacial score (nSPS) is 18.5. The van der Waals surface area contributed by atoms with E-state index >= 15 is 0 Å². The maximum atomic E-state index is 13.7. The standard InChI is InChI=1S/C22H23F3N4O4/c23-11-22(12-24)9-18(16-4-2-14(25)7-19(16)33-22)27-20(31)26-15-3-1-13-10-29(5-6-30)21(32)28-17(13)8-15/h1-4,7-8,18,30H,5-6,9-12H2,(H,28,32)(H2,26,27,31)/t18-/m1/s1. The number of amides is 4. The van der Waals surface area contributed by atoms with Gasteiger partial charge in [-0.15, -0.1) is 0 Å². The summed E-state index contributed by atoms with van der Waals surface area (Å²) >= 11 is 0. The van der Waals surface area contributed by atoms with E-state index in [1.165, 1.54) is 17.0 Å². The second kappa shape index (κ2) is 9.18. The third kappa shape index (κ3) is 4.68. The number of ether oxygens (including phenoxy) is 1. The van der Waals surface area contributed by atoms with Crippen LogP contribution in [-0.2, 0) is 6.54 Å². The molecule has 2 heterocycles. The number of halogens is 3. The number of urea groups is 2. The van der Waals surface area contributed by atoms with Gasteiger partial charge in [0.2, 0.25) is 0 Å². The summed E-state index contributed by atoms with van der Waals surface area (Å²) in [5.74, 6) is -0.648. The second-order valence-corrected chi connectivity index (χ2v) is 8.04. The van der Waals surface area contributed by atoms with Crippen LogP contribution in [0, 0.1) is 5.82 Å². The highest BCUT2D eigenvalue weighted by Gasteiger charge is 2.42. The van der Waals surface area contributed by atoms with Gasteiger partial charge in [0.05, 0.1) is 12.6 Å². The third-order valence-corrected chi connectivity index (χ3v) is 5.67. The van der Waals surface area contributed by atoms with Crippen LogP contribution in [0.1, 0.15) is 23.6 Å². The van der Waals surface area contributed by atoms with Crippen LogP contribution < -0.4 is 20.7 Å². The molecule has 2 aromatic carbocycles. The number of hydrogen-bond donors (Lipinski definition) is 4. The molecule has 33 heavy (non-hydrogen) atoms. The number of β-amino-alcohol motifs (C(OH)–C–C–N with tert-alkyl or cyclic N) is 1. The van der Waals surface area contributed by atoms with Crippen molar-refractivity contribution in [2.45, 2.75) is 24.6 Å². The first kappa shape index (κ1) is 22.7. The average Bonchev–Trinajstić information content (AvgIpc) is 2.79. The average molecular weight is 464 g/mol. The van der Waals surface area contributed by atoms with E-state index < -0.39 is 36.8 Å². The number of carbonyl (C=O) groups is 2. The van der Waals surface area contributed by atoms with Gasteiger partial charge in [0.25, 0.3) is 0 Å². The van der Waals surface area contributed by atoms with Crippen LogP contribution in [0.5, 0.6) is 5.75 Å². The molecule has 4 amide bonds. The lowest BCUT2D eigenvalue weighted by molar-refractivity contribution is -0.0107. The van der Waals surface area contributed by atoms with Gasteiger partial charge in [-0.25, -0.2) is 22.8 Å². The van der Waals surface area contributed by atoms with E-state index in [4.69, 9.17) is 9.84 Å². The fourth-order valence-corrected chi connectivity index (χ4v) is 3.98. The topological polar surface area (TPSA) is 103 Å². The SMILES string of the molecule is O=C(Nc1ccc2c(c1)NC(=O)N(CCO)C2)N[C@@H]1CC(CF)(CF)Oc2cc(F)ccc21. The molecule has 0 aromatic heterocycles. The van der Waals surface area contributed by atoms with Crippen molar-refractivity contribution in [1.82, 2.24) is 10.2 Å². The molecule has 2 aliphatic heterocycles. The Morgan fingerprint density at radius 2 is 2.03 bits per heavy atom. The second-order valence-electron chi connectivity index (χ2n) is 8.04. The van der Waals surface area contributed by atoms with E-state index in [1.54, 1.807) is 18.2 Å². The van der Waals surface area contributed by atoms with Crippen molar-refractivity contribution >= 4 is 23.4 Å². The third-order valence-electron chi connectivity index (χ3n) is 5.67. The molecule has 0 fully saturated rings. The van der Waals surface area contributed by atoms with E-state index in [0.717, 1.165) is 11.6 Å². The summed E-state index contributed by atoms with van der Waals surface area (Å²) in [5.41, 5.74) is 0.314. The molecule has 0 aliphatic carbocycles. The van der Waals surface area contributed by atoms with Crippen molar-refractivity contribution in [3.05, 3.63) is 53.3 Å². The lowest BCUT2D eigenvalue weighted by Gasteiger charge is -2.39. The highest BCUT2D eigenvalue weighted by atomic mass is 19.1. The Kier molecular flexibility index (Phi) is 6.32. The van der Waals surface area contributed by atoms with E-state index in [-0.39, 0.29) is 31.4 Å². The fourth-order valence-electron chi connectivity index (χ4n) is 3.98. The van der Waals surface area contributed by atoms with Crippen LogP contribution in [0.2, 0.25) is 0 Å². The number of nitrogens with one attached hydrogen (secondary N) is 3. The molecular formula is C22H23F3N4O4. The van der Waals surface area contributed by atoms with E-state index in [2.05, 4.69) is 16.0 Å². The van der Waals surface area contributed by atoms with Gasteiger partial charge in [0, 0.05) is 42.5 Å². The van der Waals surface area contributed by atoms with Crippen molar-refractivity contribution in [2.75, 3.05) is 37.1 Å². The molecule has 11 heteroatoms. The first-order chi connectivity index (χ1) is 15.9. The van der Waals surface area contributed by atoms with Crippen molar-refractivity contribution in [2.24, 2.45) is 0 Å². The number of anilines is 2. The fraction of sp³-hybridized carbons (Fsp3) is 0.364. The van der Waals surface area contributed by atoms with Crippen LogP contribution in [0.25, 0.3) is 0 Å². The van der Waals surface area contributed by atoms with Crippen LogP contribution in [0.15, 0.2) is 36.4 Å². The van der Waals surface area contributed by atoms with Gasteiger partial charge in [-0.2, -0.15) is 0 Å². The number of aliphatic hydroxyl groups excluding tert-OH is 1. The molecule has 0 bridgehead atoms. The number of aliphatic hydroxyl groups is 1. The molecule has 0 unspecified atom stereocenters. The molecule has 4 rings (SSSR count). The molecule has 4 N–H and O–H groups in total. The largest absolute Gasteiger partial charge is 0.481 e. The smallest absolute Gasteiger partial charge is 0.322 e. The predicted octanol–water partition coefficient (Wildman–Crippen LogP) is 3.49. The molecule has 2 aromatic rings.